The van der Waals surface area contributed by atoms with Gasteiger partial charge >= 0.3 is 0 Å². The van der Waals surface area contributed by atoms with E-state index in [0.717, 1.165) is 0 Å². The predicted molar refractivity (Wildman–Crippen MR) is 41.3 cm³/mol. The Labute approximate surface area is 86.0 Å². The molecule has 6 heteroatoms. The molecule has 0 aliphatic heterocycles. The molecular weight excluding hydrogens is 243 g/mol. The van der Waals surface area contributed by atoms with E-state index in [-0.39, 0.29) is 27.0 Å². The third kappa shape index (κ3) is 2.77. The first kappa shape index (κ1) is 11.9. The minimum atomic E-state index is -4.17. The van der Waals surface area contributed by atoms with Crippen molar-refractivity contribution in [2.24, 2.45) is 0 Å². The van der Waals surface area contributed by atoms with Crippen LogP contribution in [0.3, 0.4) is 0 Å². The van der Waals surface area contributed by atoms with Crippen molar-refractivity contribution >= 4 is 21.7 Å². The molecule has 0 aliphatic carbocycles. The number of benzene rings is 1. The molecule has 12 heavy (non-hydrogen) atoms. The van der Waals surface area contributed by atoms with Crippen LogP contribution in [0.15, 0.2) is 29.2 Å². The Morgan fingerprint density at radius 1 is 1.25 bits per heavy atom. The summed E-state index contributed by atoms with van der Waals surface area (Å²) in [6, 6.07) is 5.69. The Hall–Kier alpha value is -0.0605. The first-order valence-corrected chi connectivity index (χ1v) is 4.55. The van der Waals surface area contributed by atoms with Crippen LogP contribution in [0, 0.1) is 0 Å². The Morgan fingerprint density at radius 3 is 2.08 bits per heavy atom. The summed E-state index contributed by atoms with van der Waals surface area (Å²) in [5.41, 5.74) is 0. The maximum atomic E-state index is 10.5. The molecule has 0 amide bonds. The molecule has 1 aromatic rings. The SMILES string of the molecule is O=S(=O)(O)c1ccccc1Cl.[Fe]. The molecule has 0 unspecified atom stereocenters. The summed E-state index contributed by atoms with van der Waals surface area (Å²) < 4.78 is 29.6. The summed E-state index contributed by atoms with van der Waals surface area (Å²) in [6.07, 6.45) is 0. The molecule has 1 N–H and O–H groups in total. The van der Waals surface area contributed by atoms with Crippen molar-refractivity contribution in [2.45, 2.75) is 4.90 Å². The van der Waals surface area contributed by atoms with E-state index >= 15 is 0 Å². The van der Waals surface area contributed by atoms with E-state index in [2.05, 4.69) is 0 Å². The molecule has 1 aromatic carbocycles. The van der Waals surface area contributed by atoms with Crippen LogP contribution >= 0.6 is 11.6 Å². The van der Waals surface area contributed by atoms with E-state index in [4.69, 9.17) is 16.2 Å². The van der Waals surface area contributed by atoms with Gasteiger partial charge in [0.05, 0.1) is 5.02 Å². The second-order valence-corrected chi connectivity index (χ2v) is 3.70. The molecule has 0 atom stereocenters. The van der Waals surface area contributed by atoms with Crippen molar-refractivity contribution in [3.8, 4) is 0 Å². The van der Waals surface area contributed by atoms with Gasteiger partial charge < -0.3 is 0 Å². The average Bonchev–Trinajstić information content (AvgIpc) is 1.86. The Morgan fingerprint density at radius 2 is 1.75 bits per heavy atom. The fourth-order valence-electron chi connectivity index (χ4n) is 0.654. The molecular formula is C6H5ClFeO3S. The molecule has 0 aliphatic rings. The van der Waals surface area contributed by atoms with Crippen LogP contribution in [0.1, 0.15) is 0 Å². The topological polar surface area (TPSA) is 54.4 Å². The molecule has 0 saturated heterocycles. The standard InChI is InChI=1S/C6H5ClO3S.Fe/c7-5-3-1-2-4-6(5)11(8,9)10;/h1-4H,(H,8,9,10);. The zero-order chi connectivity index (χ0) is 8.48. The van der Waals surface area contributed by atoms with E-state index < -0.39 is 10.1 Å². The molecule has 0 bridgehead atoms. The van der Waals surface area contributed by atoms with Crippen LogP contribution < -0.4 is 0 Å². The normalized spacial score (nSPS) is 10.5. The van der Waals surface area contributed by atoms with Gasteiger partial charge in [-0.3, -0.25) is 4.55 Å². The third-order valence-electron chi connectivity index (χ3n) is 1.11. The molecule has 0 radical (unpaired) electrons. The van der Waals surface area contributed by atoms with Crippen LogP contribution in [-0.2, 0) is 27.2 Å². The van der Waals surface area contributed by atoms with Crippen molar-refractivity contribution in [2.75, 3.05) is 0 Å². The van der Waals surface area contributed by atoms with E-state index in [1.165, 1.54) is 18.2 Å². The molecule has 0 saturated carbocycles. The second kappa shape index (κ2) is 4.25. The summed E-state index contributed by atoms with van der Waals surface area (Å²) >= 11 is 5.47. The molecule has 1 rings (SSSR count). The van der Waals surface area contributed by atoms with Gasteiger partial charge in [0.2, 0.25) is 0 Å². The monoisotopic (exact) mass is 248 g/mol. The van der Waals surface area contributed by atoms with Gasteiger partial charge in [0.25, 0.3) is 10.1 Å². The molecule has 0 heterocycles. The van der Waals surface area contributed by atoms with Gasteiger partial charge in [-0.05, 0) is 12.1 Å². The van der Waals surface area contributed by atoms with Crippen molar-refractivity contribution in [1.82, 2.24) is 0 Å². The maximum Gasteiger partial charge on any atom is 0.296 e. The van der Waals surface area contributed by atoms with Gasteiger partial charge in [-0.25, -0.2) is 0 Å². The molecule has 0 aromatic heterocycles. The first-order chi connectivity index (χ1) is 5.02. The quantitative estimate of drug-likeness (QED) is 0.606. The predicted octanol–water partition coefficient (Wildman–Crippen LogP) is 1.58. The van der Waals surface area contributed by atoms with Crippen molar-refractivity contribution in [1.29, 1.82) is 0 Å². The fraction of sp³-hybridized carbons (Fsp3) is 0. The van der Waals surface area contributed by atoms with E-state index in [0.29, 0.717) is 0 Å². The third-order valence-corrected chi connectivity index (χ3v) is 2.47. The second-order valence-electron chi connectivity index (χ2n) is 1.91. The molecule has 3 nitrogen and oxygen atoms in total. The molecule has 0 spiro atoms. The zero-order valence-corrected chi connectivity index (χ0v) is 8.39. The van der Waals surface area contributed by atoms with Crippen LogP contribution in [-0.4, -0.2) is 13.0 Å². The number of hydrogen-bond acceptors (Lipinski definition) is 2. The van der Waals surface area contributed by atoms with E-state index in [1.54, 1.807) is 6.07 Å². The van der Waals surface area contributed by atoms with Crippen LogP contribution in [0.4, 0.5) is 0 Å². The average molecular weight is 248 g/mol. The molecule has 68 valence electrons. The number of halogens is 1. The summed E-state index contributed by atoms with van der Waals surface area (Å²) in [5, 5.41) is 0.0231. The largest absolute Gasteiger partial charge is 0.296 e. The van der Waals surface area contributed by atoms with Crippen LogP contribution in [0.25, 0.3) is 0 Å². The van der Waals surface area contributed by atoms with Crippen LogP contribution in [0.5, 0.6) is 0 Å². The minimum Gasteiger partial charge on any atom is -0.282 e. The Kier molecular flexibility index (Phi) is 4.23. The maximum absolute atomic E-state index is 10.5. The van der Waals surface area contributed by atoms with Crippen molar-refractivity contribution < 1.29 is 30.0 Å². The summed E-state index contributed by atoms with van der Waals surface area (Å²) in [4.78, 5) is -0.262. The van der Waals surface area contributed by atoms with Crippen LogP contribution in [0.2, 0.25) is 5.02 Å². The number of hydrogen-bond donors (Lipinski definition) is 1. The van der Waals surface area contributed by atoms with E-state index in [9.17, 15) is 8.42 Å². The summed E-state index contributed by atoms with van der Waals surface area (Å²) in [6.45, 7) is 0. The Bertz CT molecular complexity index is 363. The summed E-state index contributed by atoms with van der Waals surface area (Å²) in [7, 11) is -4.17. The number of rotatable bonds is 1. The van der Waals surface area contributed by atoms with Gasteiger partial charge in [0, 0.05) is 17.1 Å². The van der Waals surface area contributed by atoms with Crippen molar-refractivity contribution in [3.63, 3.8) is 0 Å². The fourth-order valence-corrected chi connectivity index (χ4v) is 1.65. The smallest absolute Gasteiger partial charge is 0.282 e. The Balaban J connectivity index is 0.00000121. The van der Waals surface area contributed by atoms with Gasteiger partial charge in [-0.15, -0.1) is 0 Å². The van der Waals surface area contributed by atoms with Gasteiger partial charge in [-0.1, -0.05) is 23.7 Å². The van der Waals surface area contributed by atoms with Gasteiger partial charge in [0.15, 0.2) is 0 Å². The van der Waals surface area contributed by atoms with E-state index in [1.807, 2.05) is 0 Å². The van der Waals surface area contributed by atoms with Gasteiger partial charge in [-0.2, -0.15) is 8.42 Å². The van der Waals surface area contributed by atoms with Gasteiger partial charge in [0.1, 0.15) is 4.90 Å². The zero-order valence-electron chi connectivity index (χ0n) is 5.71. The molecule has 0 fully saturated rings. The minimum absolute atomic E-state index is 0. The van der Waals surface area contributed by atoms with Crippen molar-refractivity contribution in [3.05, 3.63) is 29.3 Å². The first-order valence-electron chi connectivity index (χ1n) is 2.74. The summed E-state index contributed by atoms with van der Waals surface area (Å²) in [5.74, 6) is 0.